The predicted molar refractivity (Wildman–Crippen MR) is 52.0 cm³/mol. The highest BCUT2D eigenvalue weighted by molar-refractivity contribution is 5.72. The standard InChI is InChI=1S/C9H15N3O2/c1-7(9(13)14)10-5-3-8-4-6-11-12(8)2/h4,6-7,10H,3,5H2,1-2H3,(H,13,14)/t7-/m0/s1. The average Bonchev–Trinajstić information content (AvgIpc) is 2.51. The minimum Gasteiger partial charge on any atom is -0.480 e. The van der Waals surface area contributed by atoms with Crippen LogP contribution in [0, 0.1) is 0 Å². The van der Waals surface area contributed by atoms with Gasteiger partial charge in [0.25, 0.3) is 0 Å². The summed E-state index contributed by atoms with van der Waals surface area (Å²) >= 11 is 0. The number of nitrogens with zero attached hydrogens (tertiary/aromatic N) is 2. The highest BCUT2D eigenvalue weighted by Gasteiger charge is 2.08. The second-order valence-corrected chi connectivity index (χ2v) is 3.21. The van der Waals surface area contributed by atoms with E-state index in [0.717, 1.165) is 12.1 Å². The molecule has 1 heterocycles. The second-order valence-electron chi connectivity index (χ2n) is 3.21. The van der Waals surface area contributed by atoms with Crippen molar-refractivity contribution in [3.05, 3.63) is 18.0 Å². The molecule has 0 fully saturated rings. The van der Waals surface area contributed by atoms with Gasteiger partial charge in [0.1, 0.15) is 6.04 Å². The monoisotopic (exact) mass is 197 g/mol. The summed E-state index contributed by atoms with van der Waals surface area (Å²) in [5.74, 6) is -0.824. The first-order valence-electron chi connectivity index (χ1n) is 4.54. The lowest BCUT2D eigenvalue weighted by molar-refractivity contribution is -0.138. The molecule has 0 aliphatic heterocycles. The molecule has 0 spiro atoms. The lowest BCUT2D eigenvalue weighted by Crippen LogP contribution is -2.35. The van der Waals surface area contributed by atoms with Gasteiger partial charge in [-0.15, -0.1) is 0 Å². The largest absolute Gasteiger partial charge is 0.480 e. The van der Waals surface area contributed by atoms with Crippen molar-refractivity contribution in [3.8, 4) is 0 Å². The number of hydrogen-bond donors (Lipinski definition) is 2. The van der Waals surface area contributed by atoms with Crippen LogP contribution in [0.25, 0.3) is 0 Å². The molecule has 1 atom stereocenters. The molecule has 0 bridgehead atoms. The lowest BCUT2D eigenvalue weighted by Gasteiger charge is -2.08. The van der Waals surface area contributed by atoms with Crippen LogP contribution in [0.5, 0.6) is 0 Å². The Labute approximate surface area is 82.7 Å². The van der Waals surface area contributed by atoms with E-state index in [-0.39, 0.29) is 0 Å². The maximum absolute atomic E-state index is 10.5. The zero-order valence-electron chi connectivity index (χ0n) is 8.40. The summed E-state index contributed by atoms with van der Waals surface area (Å²) < 4.78 is 1.78. The Morgan fingerprint density at radius 1 is 1.79 bits per heavy atom. The van der Waals surface area contributed by atoms with E-state index in [4.69, 9.17) is 5.11 Å². The lowest BCUT2D eigenvalue weighted by atomic mass is 10.3. The van der Waals surface area contributed by atoms with Crippen LogP contribution in [0.15, 0.2) is 12.3 Å². The van der Waals surface area contributed by atoms with Gasteiger partial charge in [0.15, 0.2) is 0 Å². The van der Waals surface area contributed by atoms with Crippen molar-refractivity contribution in [2.75, 3.05) is 6.54 Å². The van der Waals surface area contributed by atoms with E-state index in [0.29, 0.717) is 6.54 Å². The van der Waals surface area contributed by atoms with Gasteiger partial charge < -0.3 is 10.4 Å². The van der Waals surface area contributed by atoms with E-state index in [1.165, 1.54) is 0 Å². The number of carboxylic acid groups (broad SMARTS) is 1. The number of rotatable bonds is 5. The van der Waals surface area contributed by atoms with E-state index in [2.05, 4.69) is 10.4 Å². The Morgan fingerprint density at radius 2 is 2.50 bits per heavy atom. The minimum atomic E-state index is -0.824. The van der Waals surface area contributed by atoms with Gasteiger partial charge in [-0.25, -0.2) is 0 Å². The van der Waals surface area contributed by atoms with Crippen LogP contribution < -0.4 is 5.32 Å². The Hall–Kier alpha value is -1.36. The SMILES string of the molecule is C[C@H](NCCc1ccnn1C)C(=O)O. The Balaban J connectivity index is 2.29. The molecule has 1 aromatic rings. The molecule has 0 saturated heterocycles. The van der Waals surface area contributed by atoms with E-state index >= 15 is 0 Å². The summed E-state index contributed by atoms with van der Waals surface area (Å²) in [5, 5.41) is 15.5. The smallest absolute Gasteiger partial charge is 0.320 e. The number of carboxylic acids is 1. The predicted octanol–water partition coefficient (Wildman–Crippen LogP) is 0.0253. The second kappa shape index (κ2) is 4.76. The third kappa shape index (κ3) is 2.85. The summed E-state index contributed by atoms with van der Waals surface area (Å²) in [5.41, 5.74) is 1.09. The molecule has 78 valence electrons. The van der Waals surface area contributed by atoms with Gasteiger partial charge in [0.2, 0.25) is 0 Å². The van der Waals surface area contributed by atoms with Crippen LogP contribution >= 0.6 is 0 Å². The molecule has 0 amide bonds. The van der Waals surface area contributed by atoms with E-state index in [1.807, 2.05) is 13.1 Å². The van der Waals surface area contributed by atoms with Gasteiger partial charge in [0.05, 0.1) is 0 Å². The number of aryl methyl sites for hydroxylation is 1. The van der Waals surface area contributed by atoms with Crippen molar-refractivity contribution in [1.29, 1.82) is 0 Å². The summed E-state index contributed by atoms with van der Waals surface area (Å²) in [7, 11) is 1.87. The molecule has 5 heteroatoms. The van der Waals surface area contributed by atoms with E-state index < -0.39 is 12.0 Å². The third-order valence-electron chi connectivity index (χ3n) is 2.12. The van der Waals surface area contributed by atoms with Crippen molar-refractivity contribution in [1.82, 2.24) is 15.1 Å². The molecule has 0 aliphatic carbocycles. The van der Waals surface area contributed by atoms with Crippen LogP contribution in [0.2, 0.25) is 0 Å². The van der Waals surface area contributed by atoms with Gasteiger partial charge in [0, 0.05) is 31.9 Å². The zero-order chi connectivity index (χ0) is 10.6. The maximum Gasteiger partial charge on any atom is 0.320 e. The van der Waals surface area contributed by atoms with Crippen molar-refractivity contribution >= 4 is 5.97 Å². The molecule has 1 rings (SSSR count). The zero-order valence-corrected chi connectivity index (χ0v) is 8.40. The van der Waals surface area contributed by atoms with Crippen LogP contribution in [-0.2, 0) is 18.3 Å². The number of hydrogen-bond acceptors (Lipinski definition) is 3. The summed E-state index contributed by atoms with van der Waals surface area (Å²) in [6.45, 7) is 2.28. The first-order chi connectivity index (χ1) is 6.61. The topological polar surface area (TPSA) is 67.2 Å². The van der Waals surface area contributed by atoms with Gasteiger partial charge >= 0.3 is 5.97 Å². The van der Waals surface area contributed by atoms with Crippen LogP contribution in [0.1, 0.15) is 12.6 Å². The molecule has 14 heavy (non-hydrogen) atoms. The van der Waals surface area contributed by atoms with Crippen LogP contribution in [-0.4, -0.2) is 33.4 Å². The number of aromatic nitrogens is 2. The van der Waals surface area contributed by atoms with Crippen molar-refractivity contribution < 1.29 is 9.90 Å². The number of aliphatic carboxylic acids is 1. The molecule has 2 N–H and O–H groups in total. The molecular formula is C9H15N3O2. The minimum absolute atomic E-state index is 0.497. The van der Waals surface area contributed by atoms with Crippen molar-refractivity contribution in [2.24, 2.45) is 7.05 Å². The van der Waals surface area contributed by atoms with Crippen LogP contribution in [0.3, 0.4) is 0 Å². The number of nitrogens with one attached hydrogen (secondary N) is 1. The van der Waals surface area contributed by atoms with Crippen molar-refractivity contribution in [2.45, 2.75) is 19.4 Å². The highest BCUT2D eigenvalue weighted by Crippen LogP contribution is 1.96. The molecular weight excluding hydrogens is 182 g/mol. The van der Waals surface area contributed by atoms with Crippen molar-refractivity contribution in [3.63, 3.8) is 0 Å². The van der Waals surface area contributed by atoms with Gasteiger partial charge in [-0.1, -0.05) is 0 Å². The summed E-state index contributed by atoms with van der Waals surface area (Å²) in [6.07, 6.45) is 2.52. The molecule has 1 aromatic heterocycles. The molecule has 0 saturated carbocycles. The van der Waals surface area contributed by atoms with Gasteiger partial charge in [-0.3, -0.25) is 9.48 Å². The van der Waals surface area contributed by atoms with E-state index in [9.17, 15) is 4.79 Å². The normalized spacial score (nSPS) is 12.7. The van der Waals surface area contributed by atoms with E-state index in [1.54, 1.807) is 17.8 Å². The number of carbonyl (C=O) groups is 1. The molecule has 5 nitrogen and oxygen atoms in total. The summed E-state index contributed by atoms with van der Waals surface area (Å²) in [6, 6.07) is 1.43. The molecule has 0 aliphatic rings. The fraction of sp³-hybridized carbons (Fsp3) is 0.556. The quantitative estimate of drug-likeness (QED) is 0.698. The summed E-state index contributed by atoms with van der Waals surface area (Å²) in [4.78, 5) is 10.5. The average molecular weight is 197 g/mol. The first-order valence-corrected chi connectivity index (χ1v) is 4.54. The maximum atomic E-state index is 10.5. The highest BCUT2D eigenvalue weighted by atomic mass is 16.4. The van der Waals surface area contributed by atoms with Crippen LogP contribution in [0.4, 0.5) is 0 Å². The molecule has 0 radical (unpaired) electrons. The molecule has 0 aromatic carbocycles. The fourth-order valence-electron chi connectivity index (χ4n) is 1.15. The van der Waals surface area contributed by atoms with Gasteiger partial charge in [-0.2, -0.15) is 5.10 Å². The molecule has 0 unspecified atom stereocenters. The Morgan fingerprint density at radius 3 is 3.00 bits per heavy atom. The Kier molecular flexibility index (Phi) is 3.64. The third-order valence-corrected chi connectivity index (χ3v) is 2.12. The first kappa shape index (κ1) is 10.7. The van der Waals surface area contributed by atoms with Gasteiger partial charge in [-0.05, 0) is 13.0 Å². The fourth-order valence-corrected chi connectivity index (χ4v) is 1.15. The Bertz CT molecular complexity index is 309.